The maximum absolute atomic E-state index is 13.3. The molecule has 2 heterocycles. The molecule has 2 amide bonds. The zero-order chi connectivity index (χ0) is 18.9. The molecule has 0 bridgehead atoms. The maximum Gasteiger partial charge on any atom is 0.230 e. The van der Waals surface area contributed by atoms with Crippen LogP contribution < -0.4 is 10.6 Å². The van der Waals surface area contributed by atoms with E-state index in [9.17, 15) is 14.7 Å². The lowest BCUT2D eigenvalue weighted by atomic mass is 9.67. The van der Waals surface area contributed by atoms with Crippen LogP contribution in [-0.2, 0) is 9.59 Å². The van der Waals surface area contributed by atoms with Gasteiger partial charge < -0.3 is 20.6 Å². The van der Waals surface area contributed by atoms with Gasteiger partial charge in [0.2, 0.25) is 11.8 Å². The highest BCUT2D eigenvalue weighted by Crippen LogP contribution is 2.45. The van der Waals surface area contributed by atoms with E-state index in [4.69, 9.17) is 0 Å². The van der Waals surface area contributed by atoms with Gasteiger partial charge in [-0.15, -0.1) is 0 Å². The number of hydrogen-bond donors (Lipinski definition) is 3. The second-order valence-electron chi connectivity index (χ2n) is 8.33. The van der Waals surface area contributed by atoms with Gasteiger partial charge in [-0.1, -0.05) is 12.8 Å². The first-order chi connectivity index (χ1) is 13.1. The van der Waals surface area contributed by atoms with Crippen molar-refractivity contribution in [2.45, 2.75) is 38.5 Å². The molecule has 0 spiro atoms. The molecule has 4 rings (SSSR count). The molecule has 146 valence electrons. The second-order valence-corrected chi connectivity index (χ2v) is 8.33. The zero-order valence-corrected chi connectivity index (χ0v) is 15.7. The Morgan fingerprint density at radius 1 is 1.11 bits per heavy atom. The summed E-state index contributed by atoms with van der Waals surface area (Å²) in [7, 11) is 0. The Bertz CT molecular complexity index is 697. The van der Waals surface area contributed by atoms with E-state index in [0.29, 0.717) is 43.4 Å². The molecule has 2 saturated heterocycles. The molecule has 2 atom stereocenters. The fourth-order valence-electron chi connectivity index (χ4n) is 5.12. The lowest BCUT2D eigenvalue weighted by molar-refractivity contribution is -0.147. The SMILES string of the molecule is O=C(Nc1ccc(O)cc1)C1CCN(C(=O)[C@@]23CCCC[C@H]2CNC3)CC1. The molecular weight excluding hydrogens is 342 g/mol. The predicted octanol–water partition coefficient (Wildman–Crippen LogP) is 2.35. The lowest BCUT2D eigenvalue weighted by Gasteiger charge is -2.42. The van der Waals surface area contributed by atoms with Gasteiger partial charge in [0.05, 0.1) is 5.41 Å². The van der Waals surface area contributed by atoms with Crippen LogP contribution in [0.3, 0.4) is 0 Å². The van der Waals surface area contributed by atoms with Crippen LogP contribution in [0, 0.1) is 17.3 Å². The van der Waals surface area contributed by atoms with Crippen molar-refractivity contribution in [3.05, 3.63) is 24.3 Å². The van der Waals surface area contributed by atoms with Crippen LogP contribution in [0.2, 0.25) is 0 Å². The molecule has 3 aliphatic rings. The summed E-state index contributed by atoms with van der Waals surface area (Å²) in [5.41, 5.74) is 0.497. The first-order valence-corrected chi connectivity index (χ1v) is 10.2. The summed E-state index contributed by atoms with van der Waals surface area (Å²) in [5, 5.41) is 15.7. The van der Waals surface area contributed by atoms with Gasteiger partial charge in [0.15, 0.2) is 0 Å². The van der Waals surface area contributed by atoms with Gasteiger partial charge in [0, 0.05) is 31.2 Å². The normalized spacial score (nSPS) is 28.6. The Labute approximate surface area is 160 Å². The van der Waals surface area contributed by atoms with Crippen molar-refractivity contribution in [3.8, 4) is 5.75 Å². The number of anilines is 1. The second kappa shape index (κ2) is 7.50. The molecule has 1 saturated carbocycles. The van der Waals surface area contributed by atoms with Crippen LogP contribution in [0.25, 0.3) is 0 Å². The Kier molecular flexibility index (Phi) is 5.08. The highest BCUT2D eigenvalue weighted by molar-refractivity contribution is 5.93. The van der Waals surface area contributed by atoms with E-state index >= 15 is 0 Å². The number of fused-ring (bicyclic) bond motifs is 1. The van der Waals surface area contributed by atoms with E-state index in [2.05, 4.69) is 10.6 Å². The lowest BCUT2D eigenvalue weighted by Crippen LogP contribution is -2.52. The number of phenols is 1. The third kappa shape index (κ3) is 3.55. The number of carbonyl (C=O) groups excluding carboxylic acids is 2. The molecule has 6 heteroatoms. The van der Waals surface area contributed by atoms with Crippen molar-refractivity contribution in [2.75, 3.05) is 31.5 Å². The third-order valence-corrected chi connectivity index (χ3v) is 6.75. The molecule has 3 N–H and O–H groups in total. The van der Waals surface area contributed by atoms with Crippen LogP contribution >= 0.6 is 0 Å². The smallest absolute Gasteiger partial charge is 0.230 e. The number of likely N-dealkylation sites (tertiary alicyclic amines) is 1. The van der Waals surface area contributed by atoms with Crippen molar-refractivity contribution in [1.82, 2.24) is 10.2 Å². The molecule has 0 unspecified atom stereocenters. The number of benzene rings is 1. The molecule has 1 aromatic rings. The fourth-order valence-corrected chi connectivity index (χ4v) is 5.12. The van der Waals surface area contributed by atoms with E-state index < -0.39 is 0 Å². The average molecular weight is 371 g/mol. The van der Waals surface area contributed by atoms with Crippen molar-refractivity contribution < 1.29 is 14.7 Å². The summed E-state index contributed by atoms with van der Waals surface area (Å²) in [4.78, 5) is 27.9. The summed E-state index contributed by atoms with van der Waals surface area (Å²) in [6.07, 6.45) is 5.97. The molecular formula is C21H29N3O3. The van der Waals surface area contributed by atoms with E-state index in [0.717, 1.165) is 32.4 Å². The van der Waals surface area contributed by atoms with Crippen molar-refractivity contribution in [2.24, 2.45) is 17.3 Å². The standard InChI is InChI=1S/C21H29N3O3/c25-18-6-4-17(5-7-18)23-19(26)15-8-11-24(12-9-15)20(27)21-10-2-1-3-16(21)13-22-14-21/h4-7,15-16,22,25H,1-3,8-14H2,(H,23,26)/t16-,21+/m0/s1. The summed E-state index contributed by atoms with van der Waals surface area (Å²) < 4.78 is 0. The van der Waals surface area contributed by atoms with Gasteiger partial charge in [-0.2, -0.15) is 0 Å². The number of piperidine rings is 1. The Morgan fingerprint density at radius 2 is 1.85 bits per heavy atom. The summed E-state index contributed by atoms with van der Waals surface area (Å²) in [6, 6.07) is 6.52. The van der Waals surface area contributed by atoms with Gasteiger partial charge in [-0.05, 0) is 62.4 Å². The number of carbonyl (C=O) groups is 2. The topological polar surface area (TPSA) is 81.7 Å². The van der Waals surface area contributed by atoms with Crippen LogP contribution in [-0.4, -0.2) is 48.0 Å². The fraction of sp³-hybridized carbons (Fsp3) is 0.619. The molecule has 0 radical (unpaired) electrons. The zero-order valence-electron chi connectivity index (χ0n) is 15.7. The summed E-state index contributed by atoms with van der Waals surface area (Å²) in [5.74, 6) is 0.915. The molecule has 27 heavy (non-hydrogen) atoms. The predicted molar refractivity (Wildman–Crippen MR) is 103 cm³/mol. The number of phenolic OH excluding ortho intramolecular Hbond substituents is 1. The molecule has 2 aliphatic heterocycles. The third-order valence-electron chi connectivity index (χ3n) is 6.75. The van der Waals surface area contributed by atoms with Gasteiger partial charge in [0.25, 0.3) is 0 Å². The van der Waals surface area contributed by atoms with E-state index in [1.54, 1.807) is 24.3 Å². The Morgan fingerprint density at radius 3 is 2.59 bits per heavy atom. The maximum atomic E-state index is 13.3. The highest BCUT2D eigenvalue weighted by atomic mass is 16.3. The van der Waals surface area contributed by atoms with Gasteiger partial charge in [0.1, 0.15) is 5.75 Å². The van der Waals surface area contributed by atoms with Crippen LogP contribution in [0.15, 0.2) is 24.3 Å². The van der Waals surface area contributed by atoms with E-state index in [1.807, 2.05) is 4.90 Å². The number of hydrogen-bond acceptors (Lipinski definition) is 4. The number of rotatable bonds is 3. The van der Waals surface area contributed by atoms with E-state index in [1.165, 1.54) is 6.42 Å². The van der Waals surface area contributed by atoms with E-state index in [-0.39, 0.29) is 23.0 Å². The first kappa shape index (κ1) is 18.3. The molecule has 1 aliphatic carbocycles. The Balaban J connectivity index is 1.34. The van der Waals surface area contributed by atoms with Crippen LogP contribution in [0.5, 0.6) is 5.75 Å². The quantitative estimate of drug-likeness (QED) is 0.713. The molecule has 0 aromatic heterocycles. The van der Waals surface area contributed by atoms with Gasteiger partial charge >= 0.3 is 0 Å². The van der Waals surface area contributed by atoms with Crippen LogP contribution in [0.4, 0.5) is 5.69 Å². The van der Waals surface area contributed by atoms with Gasteiger partial charge in [-0.3, -0.25) is 9.59 Å². The summed E-state index contributed by atoms with van der Waals surface area (Å²) >= 11 is 0. The minimum Gasteiger partial charge on any atom is -0.508 e. The minimum absolute atomic E-state index is 0.00373. The number of nitrogens with zero attached hydrogens (tertiary/aromatic N) is 1. The van der Waals surface area contributed by atoms with Crippen molar-refractivity contribution >= 4 is 17.5 Å². The first-order valence-electron chi connectivity index (χ1n) is 10.2. The number of aromatic hydroxyl groups is 1. The summed E-state index contributed by atoms with van der Waals surface area (Å²) in [6.45, 7) is 3.12. The number of amides is 2. The number of nitrogens with one attached hydrogen (secondary N) is 2. The monoisotopic (exact) mass is 371 g/mol. The average Bonchev–Trinajstić information content (AvgIpc) is 3.14. The molecule has 3 fully saturated rings. The van der Waals surface area contributed by atoms with Gasteiger partial charge in [-0.25, -0.2) is 0 Å². The molecule has 6 nitrogen and oxygen atoms in total. The largest absolute Gasteiger partial charge is 0.508 e. The Hall–Kier alpha value is -2.08. The van der Waals surface area contributed by atoms with Crippen LogP contribution in [0.1, 0.15) is 38.5 Å². The molecule has 1 aromatic carbocycles. The van der Waals surface area contributed by atoms with Crippen molar-refractivity contribution in [1.29, 1.82) is 0 Å². The van der Waals surface area contributed by atoms with Crippen molar-refractivity contribution in [3.63, 3.8) is 0 Å². The highest BCUT2D eigenvalue weighted by Gasteiger charge is 2.51. The minimum atomic E-state index is -0.195.